The van der Waals surface area contributed by atoms with Gasteiger partial charge in [0.05, 0.1) is 12.1 Å². The van der Waals surface area contributed by atoms with Crippen molar-refractivity contribution < 1.29 is 18.0 Å². The van der Waals surface area contributed by atoms with E-state index >= 15 is 0 Å². The Bertz CT molecular complexity index is 640. The van der Waals surface area contributed by atoms with Crippen LogP contribution in [0.2, 0.25) is 0 Å². The summed E-state index contributed by atoms with van der Waals surface area (Å²) in [5, 5.41) is 0. The van der Waals surface area contributed by atoms with E-state index in [1.165, 1.54) is 19.4 Å². The Balaban J connectivity index is 2.21. The molecule has 0 atom stereocenters. The minimum atomic E-state index is -4.30. The fraction of sp³-hybridized carbons (Fsp3) is 0.364. The first kappa shape index (κ1) is 14.5. The smallest absolute Gasteiger partial charge is 0.390 e. The van der Waals surface area contributed by atoms with Gasteiger partial charge in [-0.15, -0.1) is 11.3 Å². The van der Waals surface area contributed by atoms with E-state index in [-0.39, 0.29) is 10.6 Å². The first-order chi connectivity index (χ1) is 9.29. The zero-order valence-electron chi connectivity index (χ0n) is 10.4. The summed E-state index contributed by atoms with van der Waals surface area (Å²) < 4.78 is 36.4. The molecule has 0 radical (unpaired) electrons. The van der Waals surface area contributed by atoms with Gasteiger partial charge in [-0.1, -0.05) is 0 Å². The van der Waals surface area contributed by atoms with Crippen LogP contribution in [0.25, 0.3) is 10.3 Å². The minimum absolute atomic E-state index is 0.155. The number of halogens is 3. The molecule has 0 saturated carbocycles. The van der Waals surface area contributed by atoms with Gasteiger partial charge in [0.2, 0.25) is 0 Å². The Labute approximate surface area is 116 Å². The number of nitrogens with zero attached hydrogens (tertiary/aromatic N) is 3. The van der Waals surface area contributed by atoms with Crippen LogP contribution >= 0.6 is 11.3 Å². The fourth-order valence-corrected chi connectivity index (χ4v) is 2.59. The summed E-state index contributed by atoms with van der Waals surface area (Å²) >= 11 is 1.02. The number of amides is 1. The highest BCUT2D eigenvalue weighted by atomic mass is 32.1. The highest BCUT2D eigenvalue weighted by Gasteiger charge is 2.29. The predicted molar refractivity (Wildman–Crippen MR) is 69.5 cm³/mol. The molecule has 0 unspecified atom stereocenters. The third-order valence-electron chi connectivity index (χ3n) is 2.63. The number of rotatable bonds is 3. The van der Waals surface area contributed by atoms with Gasteiger partial charge in [-0.2, -0.15) is 13.2 Å². The molecule has 9 heteroatoms. The molecule has 2 aromatic rings. The number of hydrogen-bond donors (Lipinski definition) is 1. The van der Waals surface area contributed by atoms with Gasteiger partial charge in [0.25, 0.3) is 5.91 Å². The number of thiophene rings is 1. The lowest BCUT2D eigenvalue weighted by molar-refractivity contribution is -0.136. The summed E-state index contributed by atoms with van der Waals surface area (Å²) in [6.45, 7) is -0.420. The van der Waals surface area contributed by atoms with E-state index in [4.69, 9.17) is 5.73 Å². The van der Waals surface area contributed by atoms with Crippen LogP contribution in [0.5, 0.6) is 0 Å². The molecule has 0 aliphatic rings. The summed E-state index contributed by atoms with van der Waals surface area (Å²) in [4.78, 5) is 21.7. The van der Waals surface area contributed by atoms with Gasteiger partial charge in [-0.25, -0.2) is 9.97 Å². The molecule has 0 aliphatic heterocycles. The Morgan fingerprint density at radius 3 is 2.65 bits per heavy atom. The van der Waals surface area contributed by atoms with Crippen molar-refractivity contribution in [1.29, 1.82) is 0 Å². The number of fused-ring (bicyclic) bond motifs is 1. The molecule has 2 heterocycles. The maximum Gasteiger partial charge on any atom is 0.390 e. The molecule has 0 saturated heterocycles. The Morgan fingerprint density at radius 2 is 2.05 bits per heavy atom. The lowest BCUT2D eigenvalue weighted by Gasteiger charge is -2.17. The largest absolute Gasteiger partial charge is 0.396 e. The summed E-state index contributed by atoms with van der Waals surface area (Å²) in [7, 11) is 1.30. The van der Waals surface area contributed by atoms with Crippen molar-refractivity contribution in [2.45, 2.75) is 12.6 Å². The molecule has 0 fully saturated rings. The number of nitrogen functional groups attached to an aromatic ring is 1. The SMILES string of the molecule is CN(CCC(F)(F)F)C(=O)c1sc2nccnc2c1N. The molecule has 2 rings (SSSR count). The number of hydrogen-bond acceptors (Lipinski definition) is 5. The van der Waals surface area contributed by atoms with Crippen LogP contribution in [0.3, 0.4) is 0 Å². The molecule has 0 aromatic carbocycles. The van der Waals surface area contributed by atoms with Crippen LogP contribution in [-0.2, 0) is 0 Å². The van der Waals surface area contributed by atoms with Crippen molar-refractivity contribution in [1.82, 2.24) is 14.9 Å². The zero-order valence-corrected chi connectivity index (χ0v) is 11.3. The van der Waals surface area contributed by atoms with Crippen molar-refractivity contribution in [2.24, 2.45) is 0 Å². The molecular weight excluding hydrogens is 293 g/mol. The van der Waals surface area contributed by atoms with E-state index in [2.05, 4.69) is 9.97 Å². The first-order valence-electron chi connectivity index (χ1n) is 5.61. The summed E-state index contributed by atoms with van der Waals surface area (Å²) in [5.41, 5.74) is 6.35. The van der Waals surface area contributed by atoms with Crippen LogP contribution in [0.4, 0.5) is 18.9 Å². The van der Waals surface area contributed by atoms with Crippen LogP contribution in [0.1, 0.15) is 16.1 Å². The molecule has 2 N–H and O–H groups in total. The quantitative estimate of drug-likeness (QED) is 0.944. The summed E-state index contributed by atoms with van der Waals surface area (Å²) in [6.07, 6.45) is -2.47. The van der Waals surface area contributed by atoms with Gasteiger partial charge >= 0.3 is 6.18 Å². The van der Waals surface area contributed by atoms with E-state index in [9.17, 15) is 18.0 Å². The van der Waals surface area contributed by atoms with Gasteiger partial charge in [0.15, 0.2) is 0 Å². The minimum Gasteiger partial charge on any atom is -0.396 e. The van der Waals surface area contributed by atoms with Crippen molar-refractivity contribution in [2.75, 3.05) is 19.3 Å². The van der Waals surface area contributed by atoms with E-state index < -0.39 is 25.0 Å². The molecule has 0 spiro atoms. The molecule has 108 valence electrons. The molecule has 0 aliphatic carbocycles. The fourth-order valence-electron chi connectivity index (χ4n) is 1.57. The average molecular weight is 304 g/mol. The van der Waals surface area contributed by atoms with Gasteiger partial charge in [-0.3, -0.25) is 4.79 Å². The average Bonchev–Trinajstić information content (AvgIpc) is 2.72. The topological polar surface area (TPSA) is 72.1 Å². The van der Waals surface area contributed by atoms with Gasteiger partial charge in [-0.05, 0) is 0 Å². The van der Waals surface area contributed by atoms with Crippen LogP contribution in [0, 0.1) is 0 Å². The van der Waals surface area contributed by atoms with E-state index in [0.29, 0.717) is 10.3 Å². The molecule has 2 aromatic heterocycles. The van der Waals surface area contributed by atoms with Crippen molar-refractivity contribution in [3.63, 3.8) is 0 Å². The van der Waals surface area contributed by atoms with Gasteiger partial charge < -0.3 is 10.6 Å². The maximum absolute atomic E-state index is 12.1. The number of nitrogens with two attached hydrogens (primary N) is 1. The van der Waals surface area contributed by atoms with E-state index in [1.54, 1.807) is 0 Å². The van der Waals surface area contributed by atoms with E-state index in [0.717, 1.165) is 16.2 Å². The number of alkyl halides is 3. The van der Waals surface area contributed by atoms with Crippen LogP contribution in [0.15, 0.2) is 12.4 Å². The molecular formula is C11H11F3N4OS. The molecule has 5 nitrogen and oxygen atoms in total. The number of aromatic nitrogens is 2. The lowest BCUT2D eigenvalue weighted by atomic mass is 10.3. The van der Waals surface area contributed by atoms with Crippen molar-refractivity contribution >= 4 is 33.3 Å². The van der Waals surface area contributed by atoms with Crippen molar-refractivity contribution in [3.8, 4) is 0 Å². The number of carbonyl (C=O) groups is 1. The van der Waals surface area contributed by atoms with Gasteiger partial charge in [0, 0.05) is 26.0 Å². The first-order valence-corrected chi connectivity index (χ1v) is 6.42. The Kier molecular flexibility index (Phi) is 3.80. The normalized spacial score (nSPS) is 11.8. The number of carbonyl (C=O) groups excluding carboxylic acids is 1. The highest BCUT2D eigenvalue weighted by molar-refractivity contribution is 7.21. The molecule has 20 heavy (non-hydrogen) atoms. The maximum atomic E-state index is 12.1. The third kappa shape index (κ3) is 2.98. The monoisotopic (exact) mass is 304 g/mol. The second-order valence-corrected chi connectivity index (χ2v) is 5.15. The van der Waals surface area contributed by atoms with Crippen LogP contribution < -0.4 is 5.73 Å². The Morgan fingerprint density at radius 1 is 1.40 bits per heavy atom. The molecule has 0 bridgehead atoms. The van der Waals surface area contributed by atoms with Crippen molar-refractivity contribution in [3.05, 3.63) is 17.3 Å². The second kappa shape index (κ2) is 5.23. The molecule has 1 amide bonds. The highest BCUT2D eigenvalue weighted by Crippen LogP contribution is 2.31. The summed E-state index contributed by atoms with van der Waals surface area (Å²) in [5.74, 6) is -0.559. The third-order valence-corrected chi connectivity index (χ3v) is 3.73. The summed E-state index contributed by atoms with van der Waals surface area (Å²) in [6, 6.07) is 0. The Hall–Kier alpha value is -1.90. The van der Waals surface area contributed by atoms with E-state index in [1.807, 2.05) is 0 Å². The standard InChI is InChI=1S/C11H11F3N4OS/c1-18(5-2-11(12,13)14)10(19)8-6(15)7-9(20-8)17-4-3-16-7/h3-4H,2,5,15H2,1H3. The lowest BCUT2D eigenvalue weighted by Crippen LogP contribution is -2.30. The zero-order chi connectivity index (χ0) is 14.9. The predicted octanol–water partition coefficient (Wildman–Crippen LogP) is 2.30. The van der Waals surface area contributed by atoms with Crippen LogP contribution in [-0.4, -0.2) is 40.5 Å². The van der Waals surface area contributed by atoms with Gasteiger partial charge in [0.1, 0.15) is 15.2 Å². The number of anilines is 1. The second-order valence-electron chi connectivity index (χ2n) is 4.15.